The second-order valence-electron chi connectivity index (χ2n) is 8.07. The van der Waals surface area contributed by atoms with Crippen LogP contribution in [0.15, 0.2) is 36.4 Å². The molecule has 0 saturated heterocycles. The molecular formula is C25H32I2O. The molecule has 2 aromatic carbocycles. The lowest BCUT2D eigenvalue weighted by molar-refractivity contribution is 0.304. The Morgan fingerprint density at radius 1 is 0.857 bits per heavy atom. The molecule has 3 rings (SSSR count). The minimum atomic E-state index is 0.760. The lowest BCUT2D eigenvalue weighted by Crippen LogP contribution is -2.13. The molecule has 1 nitrogen and oxygen atoms in total. The number of ether oxygens (including phenoxy) is 1. The van der Waals surface area contributed by atoms with Gasteiger partial charge in [0.1, 0.15) is 5.75 Å². The van der Waals surface area contributed by atoms with Gasteiger partial charge in [-0.15, -0.1) is 0 Å². The van der Waals surface area contributed by atoms with E-state index in [1.807, 2.05) is 0 Å². The first-order valence-electron chi connectivity index (χ1n) is 10.8. The lowest BCUT2D eigenvalue weighted by atomic mass is 9.77. The normalized spacial score (nSPS) is 19.6. The van der Waals surface area contributed by atoms with Crippen LogP contribution in [-0.2, 0) is 0 Å². The fourth-order valence-corrected chi connectivity index (χ4v) is 5.67. The van der Waals surface area contributed by atoms with Crippen LogP contribution in [0, 0.1) is 13.1 Å². The molecule has 3 heteroatoms. The average molecular weight is 602 g/mol. The second-order valence-corrected chi connectivity index (χ2v) is 10.2. The number of benzene rings is 2. The van der Waals surface area contributed by atoms with Crippen LogP contribution >= 0.6 is 45.2 Å². The molecule has 0 amide bonds. The van der Waals surface area contributed by atoms with Gasteiger partial charge in [0.2, 0.25) is 0 Å². The molecule has 0 atom stereocenters. The van der Waals surface area contributed by atoms with E-state index in [-0.39, 0.29) is 0 Å². The van der Waals surface area contributed by atoms with Crippen molar-refractivity contribution in [3.05, 3.63) is 49.1 Å². The van der Waals surface area contributed by atoms with Crippen LogP contribution in [0.5, 0.6) is 5.75 Å². The predicted molar refractivity (Wildman–Crippen MR) is 137 cm³/mol. The van der Waals surface area contributed by atoms with E-state index in [0.717, 1.165) is 30.6 Å². The minimum Gasteiger partial charge on any atom is -0.492 e. The van der Waals surface area contributed by atoms with E-state index in [4.69, 9.17) is 4.74 Å². The van der Waals surface area contributed by atoms with Gasteiger partial charge in [-0.1, -0.05) is 57.4 Å². The Morgan fingerprint density at radius 3 is 2.21 bits per heavy atom. The highest BCUT2D eigenvalue weighted by Gasteiger charge is 2.22. The third kappa shape index (κ3) is 5.65. The molecule has 0 N–H and O–H groups in total. The molecule has 1 aliphatic rings. The number of unbranched alkanes of at least 4 members (excludes halogenated alkanes) is 1. The molecule has 1 aliphatic carbocycles. The number of hydrogen-bond donors (Lipinski definition) is 0. The van der Waals surface area contributed by atoms with Gasteiger partial charge in [-0.25, -0.2) is 0 Å². The van der Waals surface area contributed by atoms with Crippen LogP contribution in [-0.4, -0.2) is 6.61 Å². The zero-order chi connectivity index (χ0) is 19.9. The van der Waals surface area contributed by atoms with Crippen molar-refractivity contribution in [3.63, 3.8) is 0 Å². The molecule has 152 valence electrons. The van der Waals surface area contributed by atoms with Crippen LogP contribution in [0.25, 0.3) is 11.1 Å². The van der Waals surface area contributed by atoms with Gasteiger partial charge in [-0.3, -0.25) is 0 Å². The first-order valence-corrected chi connectivity index (χ1v) is 13.0. The Kier molecular flexibility index (Phi) is 8.95. The summed E-state index contributed by atoms with van der Waals surface area (Å²) < 4.78 is 8.39. The van der Waals surface area contributed by atoms with Crippen molar-refractivity contribution >= 4 is 45.2 Å². The zero-order valence-corrected chi connectivity index (χ0v) is 21.5. The van der Waals surface area contributed by atoms with E-state index in [1.165, 1.54) is 68.8 Å². The Balaban J connectivity index is 1.67. The van der Waals surface area contributed by atoms with Gasteiger partial charge in [0.15, 0.2) is 0 Å². The number of halogens is 2. The van der Waals surface area contributed by atoms with E-state index in [0.29, 0.717) is 0 Å². The Labute approximate surface area is 198 Å². The minimum absolute atomic E-state index is 0.760. The van der Waals surface area contributed by atoms with Crippen LogP contribution in [0.3, 0.4) is 0 Å². The first-order chi connectivity index (χ1) is 13.6. The van der Waals surface area contributed by atoms with Crippen molar-refractivity contribution < 1.29 is 4.74 Å². The lowest BCUT2D eigenvalue weighted by Gasteiger charge is -2.29. The van der Waals surface area contributed by atoms with Gasteiger partial charge in [0.25, 0.3) is 0 Å². The highest BCUT2D eigenvalue weighted by molar-refractivity contribution is 14.1. The van der Waals surface area contributed by atoms with E-state index < -0.39 is 0 Å². The quantitative estimate of drug-likeness (QED) is 0.275. The summed E-state index contributed by atoms with van der Waals surface area (Å²) in [7, 11) is 0. The number of hydrogen-bond acceptors (Lipinski definition) is 1. The Bertz CT molecular complexity index is 746. The highest BCUT2D eigenvalue weighted by atomic mass is 127. The Hall–Kier alpha value is -0.300. The van der Waals surface area contributed by atoms with Crippen LogP contribution in [0.2, 0.25) is 0 Å². The fourth-order valence-electron chi connectivity index (χ4n) is 4.29. The van der Waals surface area contributed by atoms with E-state index >= 15 is 0 Å². The topological polar surface area (TPSA) is 9.23 Å². The fraction of sp³-hybridized carbons (Fsp3) is 0.520. The molecule has 0 bridgehead atoms. The number of rotatable bonds is 8. The van der Waals surface area contributed by atoms with Gasteiger partial charge >= 0.3 is 0 Å². The summed E-state index contributed by atoms with van der Waals surface area (Å²) in [5.41, 5.74) is 4.15. The van der Waals surface area contributed by atoms with Gasteiger partial charge < -0.3 is 4.74 Å². The third-order valence-corrected chi connectivity index (χ3v) is 9.24. The van der Waals surface area contributed by atoms with Crippen molar-refractivity contribution in [2.75, 3.05) is 6.61 Å². The molecular weight excluding hydrogens is 570 g/mol. The summed E-state index contributed by atoms with van der Waals surface area (Å²) in [5, 5.41) is 0. The van der Waals surface area contributed by atoms with E-state index in [2.05, 4.69) is 95.4 Å². The standard InChI is InChI=1S/C25H32I2O/c1-3-5-6-18-7-9-19(10-8-18)20-11-13-21(14-12-20)22-15-16-23(28-17-4-2)25(27)24(22)26/h11-16,18-19H,3-10,17H2,1-2H3. The molecule has 0 aliphatic heterocycles. The van der Waals surface area contributed by atoms with Crippen LogP contribution in [0.1, 0.15) is 76.7 Å². The molecule has 28 heavy (non-hydrogen) atoms. The van der Waals surface area contributed by atoms with Crippen LogP contribution < -0.4 is 4.74 Å². The summed E-state index contributed by atoms with van der Waals surface area (Å²) in [5.74, 6) is 2.75. The van der Waals surface area contributed by atoms with Crippen molar-refractivity contribution in [3.8, 4) is 16.9 Å². The maximum atomic E-state index is 5.88. The predicted octanol–water partition coefficient (Wildman–Crippen LogP) is 8.82. The second kappa shape index (κ2) is 11.2. The van der Waals surface area contributed by atoms with Gasteiger partial charge in [0, 0.05) is 3.57 Å². The largest absolute Gasteiger partial charge is 0.492 e. The summed E-state index contributed by atoms with van der Waals surface area (Å²) >= 11 is 4.88. The smallest absolute Gasteiger partial charge is 0.133 e. The monoisotopic (exact) mass is 602 g/mol. The molecule has 1 saturated carbocycles. The SMILES string of the molecule is CCCCC1CCC(c2ccc(-c3ccc(OCCC)c(I)c3I)cc2)CC1. The van der Waals surface area contributed by atoms with Crippen LogP contribution in [0.4, 0.5) is 0 Å². The maximum Gasteiger partial charge on any atom is 0.133 e. The van der Waals surface area contributed by atoms with E-state index in [1.54, 1.807) is 0 Å². The van der Waals surface area contributed by atoms with Crippen molar-refractivity contribution in [2.45, 2.75) is 71.1 Å². The maximum absolute atomic E-state index is 5.88. The van der Waals surface area contributed by atoms with Gasteiger partial charge in [-0.05, 0) is 118 Å². The van der Waals surface area contributed by atoms with Gasteiger partial charge in [0.05, 0.1) is 10.2 Å². The molecule has 0 unspecified atom stereocenters. The molecule has 0 spiro atoms. The van der Waals surface area contributed by atoms with Gasteiger partial charge in [-0.2, -0.15) is 0 Å². The molecule has 0 aromatic heterocycles. The summed E-state index contributed by atoms with van der Waals surface area (Å²) in [6.07, 6.45) is 10.8. The van der Waals surface area contributed by atoms with Crippen molar-refractivity contribution in [2.24, 2.45) is 5.92 Å². The van der Waals surface area contributed by atoms with Crippen molar-refractivity contribution in [1.29, 1.82) is 0 Å². The highest BCUT2D eigenvalue weighted by Crippen LogP contribution is 2.39. The van der Waals surface area contributed by atoms with E-state index in [9.17, 15) is 0 Å². The molecule has 0 heterocycles. The zero-order valence-electron chi connectivity index (χ0n) is 17.1. The first kappa shape index (κ1) is 22.4. The third-order valence-electron chi connectivity index (χ3n) is 6.01. The summed E-state index contributed by atoms with van der Waals surface area (Å²) in [4.78, 5) is 0. The summed E-state index contributed by atoms with van der Waals surface area (Å²) in [6.45, 7) is 5.23. The average Bonchev–Trinajstić information content (AvgIpc) is 2.74. The molecule has 0 radical (unpaired) electrons. The Morgan fingerprint density at radius 2 is 1.57 bits per heavy atom. The molecule has 2 aromatic rings. The molecule has 1 fully saturated rings. The van der Waals surface area contributed by atoms with Crippen molar-refractivity contribution in [1.82, 2.24) is 0 Å². The summed E-state index contributed by atoms with van der Waals surface area (Å²) in [6, 6.07) is 13.7.